The van der Waals surface area contributed by atoms with Crippen molar-refractivity contribution in [3.05, 3.63) is 53.6 Å². The van der Waals surface area contributed by atoms with Crippen molar-refractivity contribution >= 4 is 25.8 Å². The molecule has 0 aliphatic rings. The van der Waals surface area contributed by atoms with Gasteiger partial charge in [-0.25, -0.2) is 21.6 Å². The molecule has 39 heavy (non-hydrogen) atoms. The van der Waals surface area contributed by atoms with Crippen molar-refractivity contribution in [2.45, 2.75) is 50.7 Å². The Kier molecular flexibility index (Phi) is 11.8. The molecule has 2 aromatic carbocycles. The molecule has 0 heterocycles. The molecular formula is C27H40N2O8S2. The monoisotopic (exact) mass is 584 g/mol. The molecule has 1 amide bonds. The minimum Gasteiger partial charge on any atom is -0.493 e. The number of carbonyl (C=O) groups is 1. The Balaban J connectivity index is 2.31. The number of benzene rings is 2. The summed E-state index contributed by atoms with van der Waals surface area (Å²) >= 11 is 0. The molecule has 0 aromatic heterocycles. The number of methoxy groups -OCH3 is 2. The van der Waals surface area contributed by atoms with Crippen LogP contribution in [0.3, 0.4) is 0 Å². The third-order valence-electron chi connectivity index (χ3n) is 6.08. The molecule has 0 spiro atoms. The van der Waals surface area contributed by atoms with Crippen LogP contribution in [0.15, 0.2) is 47.4 Å². The van der Waals surface area contributed by atoms with Crippen molar-refractivity contribution in [1.29, 1.82) is 0 Å². The van der Waals surface area contributed by atoms with Gasteiger partial charge in [0.05, 0.1) is 37.0 Å². The molecule has 2 aromatic rings. The Morgan fingerprint density at radius 2 is 1.59 bits per heavy atom. The van der Waals surface area contributed by atoms with Gasteiger partial charge in [0.25, 0.3) is 0 Å². The largest absolute Gasteiger partial charge is 0.493 e. The zero-order valence-corrected chi connectivity index (χ0v) is 24.9. The van der Waals surface area contributed by atoms with Gasteiger partial charge in [-0.3, -0.25) is 4.79 Å². The van der Waals surface area contributed by atoms with Crippen LogP contribution in [-0.4, -0.2) is 72.8 Å². The fourth-order valence-corrected chi connectivity index (χ4v) is 6.60. The maximum atomic E-state index is 13.4. The lowest BCUT2D eigenvalue weighted by Gasteiger charge is -2.26. The molecule has 218 valence electrons. The van der Waals surface area contributed by atoms with Crippen LogP contribution in [0.2, 0.25) is 0 Å². The summed E-state index contributed by atoms with van der Waals surface area (Å²) < 4.78 is 63.4. The lowest BCUT2D eigenvalue weighted by molar-refractivity contribution is -0.125. The van der Waals surface area contributed by atoms with Gasteiger partial charge in [-0.1, -0.05) is 51.1 Å². The van der Waals surface area contributed by atoms with Crippen LogP contribution < -0.4 is 19.5 Å². The van der Waals surface area contributed by atoms with E-state index in [0.717, 1.165) is 11.8 Å². The molecule has 12 heteroatoms. The smallest absolute Gasteiger partial charge is 0.241 e. The Morgan fingerprint density at radius 1 is 0.949 bits per heavy atom. The Bertz CT molecular complexity index is 1310. The van der Waals surface area contributed by atoms with E-state index in [1.54, 1.807) is 0 Å². The molecule has 0 bridgehead atoms. The maximum Gasteiger partial charge on any atom is 0.241 e. The highest BCUT2D eigenvalue weighted by Gasteiger charge is 2.29. The standard InChI is InChI=1S/C27H40N2O8S2/c1-18(2)14-21-25(13-12-24(36-4)26(21)37-5)39(34,35)28-16-23(30)22(15-20-10-8-7-9-11-20)29-27(31)19(3)17-38(6,32)33/h7-13,18-19,22-23,28,30H,14-17H2,1-6H3,(H,29,31). The van der Waals surface area contributed by atoms with Gasteiger partial charge in [0, 0.05) is 24.3 Å². The molecule has 0 saturated carbocycles. The van der Waals surface area contributed by atoms with Crippen molar-refractivity contribution in [2.75, 3.05) is 32.8 Å². The predicted octanol–water partition coefficient (Wildman–Crippen LogP) is 1.95. The van der Waals surface area contributed by atoms with Gasteiger partial charge >= 0.3 is 0 Å². The number of carbonyl (C=O) groups excluding carboxylic acids is 1. The van der Waals surface area contributed by atoms with E-state index in [9.17, 15) is 26.7 Å². The topological polar surface area (TPSA) is 148 Å². The molecule has 10 nitrogen and oxygen atoms in total. The Hall–Kier alpha value is -2.67. The van der Waals surface area contributed by atoms with E-state index in [1.807, 2.05) is 44.2 Å². The first kappa shape index (κ1) is 32.5. The maximum absolute atomic E-state index is 13.4. The molecule has 3 atom stereocenters. The highest BCUT2D eigenvalue weighted by Crippen LogP contribution is 2.37. The van der Waals surface area contributed by atoms with Crippen LogP contribution in [-0.2, 0) is 37.5 Å². The lowest BCUT2D eigenvalue weighted by atomic mass is 10.0. The first-order valence-electron chi connectivity index (χ1n) is 12.6. The number of hydrogen-bond donors (Lipinski definition) is 3. The number of amides is 1. The summed E-state index contributed by atoms with van der Waals surface area (Å²) in [5.41, 5.74) is 1.26. The second-order valence-electron chi connectivity index (χ2n) is 10.1. The van der Waals surface area contributed by atoms with Crippen molar-refractivity contribution < 1.29 is 36.2 Å². The number of rotatable bonds is 15. The average molecular weight is 585 g/mol. The van der Waals surface area contributed by atoms with Crippen molar-refractivity contribution in [1.82, 2.24) is 10.0 Å². The summed E-state index contributed by atoms with van der Waals surface area (Å²) in [5, 5.41) is 13.7. The minimum atomic E-state index is -4.10. The highest BCUT2D eigenvalue weighted by molar-refractivity contribution is 7.90. The molecular weight excluding hydrogens is 544 g/mol. The van der Waals surface area contributed by atoms with E-state index < -0.39 is 50.4 Å². The molecule has 0 saturated heterocycles. The summed E-state index contributed by atoms with van der Waals surface area (Å²) in [6, 6.07) is 11.1. The number of sulfonamides is 1. The van der Waals surface area contributed by atoms with Crippen LogP contribution in [0.5, 0.6) is 11.5 Å². The van der Waals surface area contributed by atoms with Crippen molar-refractivity contribution in [3.8, 4) is 11.5 Å². The summed E-state index contributed by atoms with van der Waals surface area (Å²) in [7, 11) is -4.59. The fourth-order valence-electron chi connectivity index (χ4n) is 4.25. The minimum absolute atomic E-state index is 0.00599. The number of aliphatic hydroxyl groups excluding tert-OH is 1. The molecule has 0 radical (unpaired) electrons. The molecule has 0 aliphatic heterocycles. The van der Waals surface area contributed by atoms with Gasteiger partial charge in [-0.15, -0.1) is 0 Å². The third kappa shape index (κ3) is 9.79. The summed E-state index contributed by atoms with van der Waals surface area (Å²) in [6.45, 7) is 5.00. The zero-order chi connectivity index (χ0) is 29.4. The van der Waals surface area contributed by atoms with E-state index in [1.165, 1.54) is 33.3 Å². The first-order chi connectivity index (χ1) is 18.2. The van der Waals surface area contributed by atoms with E-state index in [-0.39, 0.29) is 23.0 Å². The highest BCUT2D eigenvalue weighted by atomic mass is 32.2. The molecule has 3 unspecified atom stereocenters. The molecule has 2 rings (SSSR count). The predicted molar refractivity (Wildman–Crippen MR) is 150 cm³/mol. The van der Waals surface area contributed by atoms with Crippen LogP contribution in [0, 0.1) is 11.8 Å². The van der Waals surface area contributed by atoms with Crippen LogP contribution in [0.1, 0.15) is 31.9 Å². The van der Waals surface area contributed by atoms with E-state index >= 15 is 0 Å². The van der Waals surface area contributed by atoms with Gasteiger partial charge in [-0.2, -0.15) is 0 Å². The fraction of sp³-hybridized carbons (Fsp3) is 0.519. The number of sulfone groups is 1. The normalized spacial score (nSPS) is 14.5. The summed E-state index contributed by atoms with van der Waals surface area (Å²) in [6.07, 6.45) is 0.340. The number of nitrogens with one attached hydrogen (secondary N) is 2. The van der Waals surface area contributed by atoms with Crippen molar-refractivity contribution in [2.24, 2.45) is 11.8 Å². The SMILES string of the molecule is COc1ccc(S(=O)(=O)NCC(O)C(Cc2ccccc2)NC(=O)C(C)CS(C)(=O)=O)c(CC(C)C)c1OC. The molecule has 3 N–H and O–H groups in total. The first-order valence-corrected chi connectivity index (χ1v) is 16.2. The lowest BCUT2D eigenvalue weighted by Crippen LogP contribution is -2.51. The average Bonchev–Trinajstić information content (AvgIpc) is 2.85. The second-order valence-corrected chi connectivity index (χ2v) is 14.0. The van der Waals surface area contributed by atoms with Gasteiger partial charge in [0.1, 0.15) is 9.84 Å². The molecule has 0 aliphatic carbocycles. The summed E-state index contributed by atoms with van der Waals surface area (Å²) in [4.78, 5) is 12.8. The van der Waals surface area contributed by atoms with Gasteiger partial charge < -0.3 is 19.9 Å². The van der Waals surface area contributed by atoms with Gasteiger partial charge in [0.15, 0.2) is 11.5 Å². The van der Waals surface area contributed by atoms with Crippen LogP contribution in [0.25, 0.3) is 0 Å². The Labute approximate surface area is 232 Å². The number of hydrogen-bond acceptors (Lipinski definition) is 8. The van der Waals surface area contributed by atoms with E-state index in [0.29, 0.717) is 23.5 Å². The van der Waals surface area contributed by atoms with Gasteiger partial charge in [0.2, 0.25) is 15.9 Å². The summed E-state index contributed by atoms with van der Waals surface area (Å²) in [5.74, 6) is -0.915. The quantitative estimate of drug-likeness (QED) is 0.288. The molecule has 0 fully saturated rings. The number of ether oxygens (including phenoxy) is 2. The van der Waals surface area contributed by atoms with Gasteiger partial charge in [-0.05, 0) is 36.5 Å². The number of aliphatic hydroxyl groups is 1. The second kappa shape index (κ2) is 14.1. The Morgan fingerprint density at radius 3 is 2.13 bits per heavy atom. The van der Waals surface area contributed by atoms with Crippen molar-refractivity contribution in [3.63, 3.8) is 0 Å². The third-order valence-corrected chi connectivity index (χ3v) is 8.69. The van der Waals surface area contributed by atoms with E-state index in [4.69, 9.17) is 9.47 Å². The van der Waals surface area contributed by atoms with E-state index in [2.05, 4.69) is 10.0 Å². The van der Waals surface area contributed by atoms with Crippen LogP contribution in [0.4, 0.5) is 0 Å². The zero-order valence-electron chi connectivity index (χ0n) is 23.3. The van der Waals surface area contributed by atoms with Crippen LogP contribution >= 0.6 is 0 Å².